The number of carbonyl (C=O) groups excluding carboxylic acids is 1. The molecule has 1 unspecified atom stereocenters. The summed E-state index contributed by atoms with van der Waals surface area (Å²) in [5.41, 5.74) is 1.02. The zero-order chi connectivity index (χ0) is 24.0. The SMILES string of the molecule is C#C[C@@H](O)C(CCCCCCCCCCC=C)(C(=O)OC(C)C)[S@@](=O)c1ccc(C)cc1. The lowest BCUT2D eigenvalue weighted by atomic mass is 9.93. The van der Waals surface area contributed by atoms with Crippen molar-refractivity contribution in [1.82, 2.24) is 0 Å². The second-order valence-corrected chi connectivity index (χ2v) is 10.4. The Balaban J connectivity index is 2.88. The van der Waals surface area contributed by atoms with E-state index in [0.29, 0.717) is 11.3 Å². The van der Waals surface area contributed by atoms with Gasteiger partial charge < -0.3 is 9.84 Å². The number of unbranched alkanes of at least 4 members (excludes halogenated alkanes) is 8. The maximum Gasteiger partial charge on any atom is 0.329 e. The van der Waals surface area contributed by atoms with Crippen LogP contribution in [-0.2, 0) is 20.3 Å². The molecule has 0 fully saturated rings. The molecule has 0 radical (unpaired) electrons. The summed E-state index contributed by atoms with van der Waals surface area (Å²) in [4.78, 5) is 13.6. The molecular weight excluding hydrogens is 420 g/mol. The summed E-state index contributed by atoms with van der Waals surface area (Å²) in [5, 5.41) is 10.7. The molecule has 1 N–H and O–H groups in total. The predicted octanol–water partition coefficient (Wildman–Crippen LogP) is 5.87. The molecule has 1 aromatic carbocycles. The van der Waals surface area contributed by atoms with Crippen molar-refractivity contribution in [2.24, 2.45) is 0 Å². The van der Waals surface area contributed by atoms with Crippen molar-refractivity contribution in [2.45, 2.75) is 107 Å². The van der Waals surface area contributed by atoms with Gasteiger partial charge in [0.1, 0.15) is 6.10 Å². The summed E-state index contributed by atoms with van der Waals surface area (Å²) >= 11 is 0. The number of carbonyl (C=O) groups is 1. The molecule has 0 amide bonds. The van der Waals surface area contributed by atoms with E-state index in [2.05, 4.69) is 12.5 Å². The second-order valence-electron chi connectivity index (χ2n) is 8.65. The first-order chi connectivity index (χ1) is 15.3. The quantitative estimate of drug-likeness (QED) is 0.145. The lowest BCUT2D eigenvalue weighted by Gasteiger charge is -2.33. The number of aryl methyl sites for hydroxylation is 1. The number of aliphatic hydroxyl groups is 1. The molecule has 0 bridgehead atoms. The van der Waals surface area contributed by atoms with E-state index in [9.17, 15) is 14.1 Å². The molecule has 0 aliphatic heterocycles. The molecule has 0 spiro atoms. The Kier molecular flexibility index (Phi) is 13.2. The van der Waals surface area contributed by atoms with Gasteiger partial charge in [0.05, 0.1) is 16.9 Å². The summed E-state index contributed by atoms with van der Waals surface area (Å²) in [7, 11) is -1.85. The van der Waals surface area contributed by atoms with Crippen LogP contribution in [0.2, 0.25) is 0 Å². The first-order valence-electron chi connectivity index (χ1n) is 11.7. The fourth-order valence-corrected chi connectivity index (χ4v) is 5.28. The van der Waals surface area contributed by atoms with E-state index in [1.807, 2.05) is 25.1 Å². The molecule has 0 saturated carbocycles. The number of rotatable bonds is 16. The van der Waals surface area contributed by atoms with Gasteiger partial charge in [-0.2, -0.15) is 0 Å². The standard InChI is InChI=1S/C27H40O4S/c1-6-8-9-10-11-12-13-14-15-16-21-27(25(28)7-2,26(29)31-22(3)4)32(30)24-19-17-23(5)18-20-24/h2,6,17-20,22,25,28H,1,8-16,21H2,3-5H3/t25-,27?,32+/m1/s1. The van der Waals surface area contributed by atoms with E-state index in [1.54, 1.807) is 26.0 Å². The summed E-state index contributed by atoms with van der Waals surface area (Å²) in [6, 6.07) is 7.11. The molecule has 1 rings (SSSR count). The van der Waals surface area contributed by atoms with Gasteiger partial charge in [0.25, 0.3) is 0 Å². The van der Waals surface area contributed by atoms with E-state index < -0.39 is 33.7 Å². The van der Waals surface area contributed by atoms with Crippen LogP contribution in [0.3, 0.4) is 0 Å². The van der Waals surface area contributed by atoms with Gasteiger partial charge >= 0.3 is 5.97 Å². The Morgan fingerprint density at radius 3 is 2.16 bits per heavy atom. The van der Waals surface area contributed by atoms with Crippen LogP contribution < -0.4 is 0 Å². The van der Waals surface area contributed by atoms with Gasteiger partial charge in [-0.3, -0.25) is 9.00 Å². The Morgan fingerprint density at radius 1 is 1.12 bits per heavy atom. The van der Waals surface area contributed by atoms with Crippen LogP contribution in [0.5, 0.6) is 0 Å². The fraction of sp³-hybridized carbons (Fsp3) is 0.593. The van der Waals surface area contributed by atoms with Gasteiger partial charge in [0, 0.05) is 4.90 Å². The molecule has 32 heavy (non-hydrogen) atoms. The number of aliphatic hydroxyl groups excluding tert-OH is 1. The normalized spacial score (nSPS) is 14.9. The Bertz CT molecular complexity index is 763. The number of terminal acetylenes is 1. The minimum absolute atomic E-state index is 0.212. The number of esters is 1. The van der Waals surface area contributed by atoms with Crippen LogP contribution in [0, 0.1) is 19.3 Å². The molecule has 178 valence electrons. The van der Waals surface area contributed by atoms with Gasteiger partial charge in [0.2, 0.25) is 0 Å². The van der Waals surface area contributed by atoms with E-state index >= 15 is 0 Å². The highest BCUT2D eigenvalue weighted by molar-refractivity contribution is 7.87. The molecule has 0 aliphatic rings. The third-order valence-corrected chi connectivity index (χ3v) is 7.52. The number of hydrogen-bond acceptors (Lipinski definition) is 4. The smallest absolute Gasteiger partial charge is 0.329 e. The molecule has 0 aliphatic carbocycles. The topological polar surface area (TPSA) is 63.6 Å². The van der Waals surface area contributed by atoms with Crippen LogP contribution in [0.4, 0.5) is 0 Å². The van der Waals surface area contributed by atoms with Crippen molar-refractivity contribution in [3.63, 3.8) is 0 Å². The van der Waals surface area contributed by atoms with Crippen LogP contribution in [0.15, 0.2) is 41.8 Å². The molecule has 1 aromatic rings. The van der Waals surface area contributed by atoms with Crippen molar-refractivity contribution in [3.05, 3.63) is 42.5 Å². The molecular formula is C27H40O4S. The van der Waals surface area contributed by atoms with Crippen molar-refractivity contribution in [2.75, 3.05) is 0 Å². The van der Waals surface area contributed by atoms with Crippen molar-refractivity contribution in [3.8, 4) is 12.3 Å². The van der Waals surface area contributed by atoms with Gasteiger partial charge in [-0.05, 0) is 52.2 Å². The summed E-state index contributed by atoms with van der Waals surface area (Å²) in [6.45, 7) is 9.14. The number of allylic oxidation sites excluding steroid dienone is 1. The predicted molar refractivity (Wildman–Crippen MR) is 133 cm³/mol. The highest BCUT2D eigenvalue weighted by Gasteiger charge is 2.52. The lowest BCUT2D eigenvalue weighted by molar-refractivity contribution is -0.153. The van der Waals surface area contributed by atoms with E-state index in [1.165, 1.54) is 25.7 Å². The second kappa shape index (κ2) is 15.0. The molecule has 5 heteroatoms. The summed E-state index contributed by atoms with van der Waals surface area (Å²) in [6.07, 6.45) is 15.4. The van der Waals surface area contributed by atoms with E-state index in [-0.39, 0.29) is 6.42 Å². The van der Waals surface area contributed by atoms with Gasteiger partial charge in [-0.1, -0.05) is 74.6 Å². The summed E-state index contributed by atoms with van der Waals surface area (Å²) in [5.74, 6) is 1.57. The van der Waals surface area contributed by atoms with Crippen LogP contribution in [0.1, 0.15) is 83.6 Å². The van der Waals surface area contributed by atoms with Gasteiger partial charge in [-0.25, -0.2) is 0 Å². The molecule has 0 saturated heterocycles. The van der Waals surface area contributed by atoms with E-state index in [4.69, 9.17) is 11.2 Å². The zero-order valence-corrected chi connectivity index (χ0v) is 20.8. The highest BCUT2D eigenvalue weighted by Crippen LogP contribution is 2.33. The van der Waals surface area contributed by atoms with Crippen molar-refractivity contribution < 1.29 is 18.8 Å². The average molecular weight is 461 g/mol. The Hall–Kier alpha value is -1.90. The Morgan fingerprint density at radius 2 is 1.66 bits per heavy atom. The first-order valence-corrected chi connectivity index (χ1v) is 12.9. The summed E-state index contributed by atoms with van der Waals surface area (Å²) < 4.78 is 17.4. The zero-order valence-electron chi connectivity index (χ0n) is 20.0. The number of hydrogen-bond donors (Lipinski definition) is 1. The monoisotopic (exact) mass is 460 g/mol. The molecule has 4 nitrogen and oxygen atoms in total. The van der Waals surface area contributed by atoms with Crippen molar-refractivity contribution in [1.29, 1.82) is 0 Å². The Labute approximate surface area is 197 Å². The van der Waals surface area contributed by atoms with Gasteiger partial charge in [0.15, 0.2) is 4.75 Å². The van der Waals surface area contributed by atoms with Gasteiger partial charge in [-0.15, -0.1) is 13.0 Å². The first kappa shape index (κ1) is 28.1. The fourth-order valence-electron chi connectivity index (χ4n) is 3.68. The largest absolute Gasteiger partial charge is 0.462 e. The third kappa shape index (κ3) is 8.56. The molecule has 0 heterocycles. The molecule has 3 atom stereocenters. The van der Waals surface area contributed by atoms with Crippen molar-refractivity contribution >= 4 is 16.8 Å². The minimum atomic E-state index is -1.85. The number of ether oxygens (including phenoxy) is 1. The van der Waals surface area contributed by atoms with E-state index in [0.717, 1.165) is 31.2 Å². The third-order valence-electron chi connectivity index (χ3n) is 5.56. The average Bonchev–Trinajstić information content (AvgIpc) is 2.76. The maximum atomic E-state index is 13.6. The number of benzene rings is 1. The van der Waals surface area contributed by atoms with Crippen LogP contribution >= 0.6 is 0 Å². The lowest BCUT2D eigenvalue weighted by Crippen LogP contribution is -2.54. The highest BCUT2D eigenvalue weighted by atomic mass is 32.2. The maximum absolute atomic E-state index is 13.6. The van der Waals surface area contributed by atoms with Crippen LogP contribution in [-0.4, -0.2) is 32.2 Å². The van der Waals surface area contributed by atoms with Crippen LogP contribution in [0.25, 0.3) is 0 Å². The molecule has 0 aromatic heterocycles. The minimum Gasteiger partial charge on any atom is -0.462 e.